The second-order valence-electron chi connectivity index (χ2n) is 7.21. The lowest BCUT2D eigenvalue weighted by Crippen LogP contribution is -2.34. The first-order valence-corrected chi connectivity index (χ1v) is 9.36. The lowest BCUT2D eigenvalue weighted by atomic mass is 10.1. The van der Waals surface area contributed by atoms with E-state index in [0.29, 0.717) is 5.56 Å². The molecule has 1 fully saturated rings. The number of H-pyrrole nitrogens is 1. The number of nitro groups is 1. The van der Waals surface area contributed by atoms with E-state index in [1.54, 1.807) is 26.0 Å². The fraction of sp³-hybridized carbons (Fsp3) is 0.474. The van der Waals surface area contributed by atoms with E-state index in [1.807, 2.05) is 0 Å². The molecule has 1 aromatic carbocycles. The van der Waals surface area contributed by atoms with Crippen molar-refractivity contribution in [2.24, 2.45) is 0 Å². The van der Waals surface area contributed by atoms with E-state index in [1.165, 1.54) is 12.3 Å². The highest BCUT2D eigenvalue weighted by molar-refractivity contribution is 5.44. The first-order chi connectivity index (χ1) is 14.2. The Morgan fingerprint density at radius 1 is 1.43 bits per heavy atom. The number of hydrogen-bond donors (Lipinski definition) is 3. The van der Waals surface area contributed by atoms with Gasteiger partial charge in [-0.3, -0.25) is 24.5 Å². The second kappa shape index (κ2) is 8.88. The average Bonchev–Trinajstić information content (AvgIpc) is 3.07. The smallest absolute Gasteiger partial charge is 0.330 e. The molecule has 1 unspecified atom stereocenters. The molecule has 0 spiro atoms. The van der Waals surface area contributed by atoms with Crippen molar-refractivity contribution in [2.45, 2.75) is 51.4 Å². The van der Waals surface area contributed by atoms with E-state index in [-0.39, 0.29) is 24.3 Å². The highest BCUT2D eigenvalue weighted by Gasteiger charge is 2.35. The van der Waals surface area contributed by atoms with Gasteiger partial charge >= 0.3 is 5.69 Å². The molecule has 1 saturated heterocycles. The molecular weight excluding hydrogens is 398 g/mol. The molecule has 0 aliphatic carbocycles. The van der Waals surface area contributed by atoms with Crippen LogP contribution in [0.1, 0.15) is 42.4 Å². The van der Waals surface area contributed by atoms with Crippen molar-refractivity contribution in [1.29, 1.82) is 0 Å². The van der Waals surface area contributed by atoms with Crippen molar-refractivity contribution in [3.63, 3.8) is 0 Å². The van der Waals surface area contributed by atoms with Gasteiger partial charge in [0.2, 0.25) is 0 Å². The fourth-order valence-corrected chi connectivity index (χ4v) is 3.35. The Morgan fingerprint density at radius 3 is 2.80 bits per heavy atom. The van der Waals surface area contributed by atoms with Gasteiger partial charge in [0.1, 0.15) is 12.3 Å². The maximum absolute atomic E-state index is 12.2. The number of aliphatic hydroxyl groups is 2. The van der Waals surface area contributed by atoms with Gasteiger partial charge in [0.05, 0.1) is 41.5 Å². The fourth-order valence-electron chi connectivity index (χ4n) is 3.35. The van der Waals surface area contributed by atoms with Crippen molar-refractivity contribution in [3.8, 4) is 0 Å². The number of nitro benzene ring substituents is 1. The zero-order valence-electron chi connectivity index (χ0n) is 16.5. The second-order valence-corrected chi connectivity index (χ2v) is 7.21. The Labute approximate surface area is 170 Å². The highest BCUT2D eigenvalue weighted by Crippen LogP contribution is 2.29. The number of ether oxygens (including phenoxy) is 2. The van der Waals surface area contributed by atoms with Gasteiger partial charge in [-0.2, -0.15) is 0 Å². The molecule has 2 heterocycles. The number of nitrogens with zero attached hydrogens (tertiary/aromatic N) is 2. The van der Waals surface area contributed by atoms with Gasteiger partial charge in [-0.1, -0.05) is 6.07 Å². The Hall–Kier alpha value is -2.86. The Kier molecular flexibility index (Phi) is 6.46. The molecule has 0 bridgehead atoms. The third-order valence-corrected chi connectivity index (χ3v) is 5.05. The zero-order chi connectivity index (χ0) is 22.0. The molecular formula is C19H23N3O8. The minimum atomic E-state index is -0.944. The lowest BCUT2D eigenvalue weighted by Gasteiger charge is -2.17. The van der Waals surface area contributed by atoms with Crippen LogP contribution in [0.2, 0.25) is 0 Å². The highest BCUT2D eigenvalue weighted by atomic mass is 16.6. The van der Waals surface area contributed by atoms with E-state index < -0.39 is 47.3 Å². The molecule has 1 aliphatic heterocycles. The number of aliphatic hydroxyl groups excluding tert-OH is 2. The minimum absolute atomic E-state index is 0.0729. The van der Waals surface area contributed by atoms with Crippen molar-refractivity contribution in [3.05, 3.63) is 72.0 Å². The van der Waals surface area contributed by atoms with Crippen LogP contribution in [-0.4, -0.2) is 43.5 Å². The van der Waals surface area contributed by atoms with E-state index in [4.69, 9.17) is 9.47 Å². The zero-order valence-corrected chi connectivity index (χ0v) is 16.5. The van der Waals surface area contributed by atoms with Crippen LogP contribution in [0.5, 0.6) is 0 Å². The minimum Gasteiger partial charge on any atom is -0.394 e. The number of aryl methyl sites for hydroxylation is 1. The third-order valence-electron chi connectivity index (χ3n) is 5.05. The van der Waals surface area contributed by atoms with Crippen molar-refractivity contribution in [1.82, 2.24) is 9.55 Å². The predicted molar refractivity (Wildman–Crippen MR) is 104 cm³/mol. The number of nitrogens with one attached hydrogen (secondary N) is 1. The maximum Gasteiger partial charge on any atom is 0.330 e. The molecule has 162 valence electrons. The monoisotopic (exact) mass is 421 g/mol. The molecule has 2 aromatic rings. The molecule has 1 aliphatic rings. The van der Waals surface area contributed by atoms with E-state index in [2.05, 4.69) is 4.98 Å². The first-order valence-electron chi connectivity index (χ1n) is 9.36. The van der Waals surface area contributed by atoms with Gasteiger partial charge in [-0.05, 0) is 25.5 Å². The number of rotatable bonds is 7. The van der Waals surface area contributed by atoms with Crippen molar-refractivity contribution < 1.29 is 24.6 Å². The third kappa shape index (κ3) is 4.49. The standard InChI is InChI=1S/C19H23N3O8/c1-10-3-4-13(14(5-10)22(27)28)11(2)29-9-12-7-21(19(26)20-18(12)25)17-6-15(24)16(8-23)30-17/h3-5,7,11,15-17,23-24H,6,8-9H2,1-2H3,(H,20,25,26)/t11?,15-,16-,17-/m1/s1. The summed E-state index contributed by atoms with van der Waals surface area (Å²) in [4.78, 5) is 37.3. The van der Waals surface area contributed by atoms with Crippen LogP contribution in [0.4, 0.5) is 5.69 Å². The number of aromatic amines is 1. The number of aromatic nitrogens is 2. The van der Waals surface area contributed by atoms with Crippen LogP contribution >= 0.6 is 0 Å². The summed E-state index contributed by atoms with van der Waals surface area (Å²) in [6.45, 7) is 2.76. The normalized spacial score (nSPS) is 22.2. The SMILES string of the molecule is Cc1ccc(C(C)OCc2cn([C@H]3C[C@@H](O)[C@@H](CO)O3)c(=O)[nH]c2=O)c([N+](=O)[O-])c1. The summed E-state index contributed by atoms with van der Waals surface area (Å²) >= 11 is 0. The van der Waals surface area contributed by atoms with E-state index >= 15 is 0 Å². The quantitative estimate of drug-likeness (QED) is 0.435. The molecule has 30 heavy (non-hydrogen) atoms. The van der Waals surface area contributed by atoms with Crippen LogP contribution in [0.25, 0.3) is 0 Å². The van der Waals surface area contributed by atoms with Crippen LogP contribution in [0, 0.1) is 17.0 Å². The number of benzene rings is 1. The molecule has 11 nitrogen and oxygen atoms in total. The summed E-state index contributed by atoms with van der Waals surface area (Å²) in [5, 5.41) is 30.4. The van der Waals surface area contributed by atoms with Crippen LogP contribution in [-0.2, 0) is 16.1 Å². The van der Waals surface area contributed by atoms with Gasteiger partial charge in [0.15, 0.2) is 0 Å². The molecule has 11 heteroatoms. The van der Waals surface area contributed by atoms with Gasteiger partial charge in [0.25, 0.3) is 11.2 Å². The summed E-state index contributed by atoms with van der Waals surface area (Å²) < 4.78 is 12.3. The lowest BCUT2D eigenvalue weighted by molar-refractivity contribution is -0.386. The van der Waals surface area contributed by atoms with Crippen molar-refractivity contribution >= 4 is 5.69 Å². The maximum atomic E-state index is 12.2. The molecule has 1 aromatic heterocycles. The Morgan fingerprint density at radius 2 is 2.17 bits per heavy atom. The predicted octanol–water partition coefficient (Wildman–Crippen LogP) is 0.672. The van der Waals surface area contributed by atoms with Gasteiger partial charge < -0.3 is 19.7 Å². The van der Waals surface area contributed by atoms with Crippen LogP contribution in [0.3, 0.4) is 0 Å². The van der Waals surface area contributed by atoms with Gasteiger partial charge in [-0.25, -0.2) is 4.79 Å². The Bertz CT molecular complexity index is 1050. The first kappa shape index (κ1) is 21.8. The van der Waals surface area contributed by atoms with Crippen LogP contribution < -0.4 is 11.2 Å². The van der Waals surface area contributed by atoms with Gasteiger partial charge in [-0.15, -0.1) is 0 Å². The van der Waals surface area contributed by atoms with E-state index in [0.717, 1.165) is 10.1 Å². The van der Waals surface area contributed by atoms with Crippen molar-refractivity contribution in [2.75, 3.05) is 6.61 Å². The summed E-state index contributed by atoms with van der Waals surface area (Å²) in [7, 11) is 0. The largest absolute Gasteiger partial charge is 0.394 e. The number of hydrogen-bond acceptors (Lipinski definition) is 8. The van der Waals surface area contributed by atoms with Crippen LogP contribution in [0.15, 0.2) is 34.0 Å². The van der Waals surface area contributed by atoms with Gasteiger partial charge in [0, 0.05) is 18.7 Å². The Balaban J connectivity index is 1.80. The summed E-state index contributed by atoms with van der Waals surface area (Å²) in [5.74, 6) is 0. The summed E-state index contributed by atoms with van der Waals surface area (Å²) in [6.07, 6.45) is -1.96. The molecule has 3 rings (SSSR count). The average molecular weight is 421 g/mol. The van der Waals surface area contributed by atoms with E-state index in [9.17, 15) is 29.9 Å². The topological polar surface area (TPSA) is 157 Å². The summed E-state index contributed by atoms with van der Waals surface area (Å²) in [5.41, 5.74) is -0.239. The molecule has 3 N–H and O–H groups in total. The summed E-state index contributed by atoms with van der Waals surface area (Å²) in [6, 6.07) is 4.78. The molecule has 4 atom stereocenters. The molecule has 0 saturated carbocycles. The molecule has 0 amide bonds. The molecule has 0 radical (unpaired) electrons.